The smallest absolute Gasteiger partial charge is 0.0765 e. The van der Waals surface area contributed by atoms with Gasteiger partial charge in [-0.15, -0.1) is 201 Å². The van der Waals surface area contributed by atoms with Crippen molar-refractivity contribution < 1.29 is 436 Å². The maximum Gasteiger partial charge on any atom is 0.0765 e. The van der Waals surface area contributed by atoms with Gasteiger partial charge in [0, 0.05) is 440 Å². The first-order valence-corrected chi connectivity index (χ1v) is 39.6. The minimum Gasteiger partial charge on any atom is -0.536 e. The van der Waals surface area contributed by atoms with Crippen LogP contribution in [0.15, 0.2) is 412 Å². The number of rotatable bonds is 0. The zero-order valence-corrected chi connectivity index (χ0v) is 127. The molecule has 3 N–H and O–H groups in total. The fourth-order valence-electron chi connectivity index (χ4n) is 10.6. The molecular weight excluding hydrogens is 4630 g/mol. The van der Waals surface area contributed by atoms with Crippen LogP contribution in [0.2, 0.25) is 0 Å². The number of nitrogens with zero attached hydrogens (tertiary/aromatic N) is 5. The van der Waals surface area contributed by atoms with Crippen molar-refractivity contribution in [3.05, 3.63) is 478 Å². The summed E-state index contributed by atoms with van der Waals surface area (Å²) < 4.78 is 116. The monoisotopic (exact) mass is 4730 g/mol. The van der Waals surface area contributed by atoms with E-state index in [1.54, 1.807) is 198 Å². The Labute approximate surface area is 1110 Å². The molecule has 0 bridgehead atoms. The summed E-state index contributed by atoms with van der Waals surface area (Å²) in [5.41, 5.74) is 6.98. The zero-order chi connectivity index (χ0) is 92.1. The van der Waals surface area contributed by atoms with Crippen molar-refractivity contribution in [3.63, 3.8) is 0 Å². The van der Waals surface area contributed by atoms with Crippen LogP contribution >= 0.6 is 45.3 Å². The van der Waals surface area contributed by atoms with Crippen LogP contribution in [0.4, 0.5) is 0 Å². The van der Waals surface area contributed by atoms with E-state index < -0.39 is 0 Å². The first-order chi connectivity index (χ1) is 64.2. The maximum absolute atomic E-state index is 7.33. The number of aromatic amines is 3. The number of para-hydroxylation sites is 5. The van der Waals surface area contributed by atoms with Crippen LogP contribution in [-0.2, 0) is 0 Å². The molecule has 0 saturated heterocycles. The summed E-state index contributed by atoms with van der Waals surface area (Å²) in [7, 11) is 0. The molecule has 0 aliphatic heterocycles. The third-order valence-corrected chi connectivity index (χ3v) is 19.6. The quantitative estimate of drug-likeness (QED) is 0.128. The van der Waals surface area contributed by atoms with E-state index in [1.165, 1.54) is 46.2 Å². The fraction of sp³-hybridized carbons (Fsp3) is 0. The number of hydrogen-bond acceptors (Lipinski definition) is 11. The van der Waals surface area contributed by atoms with E-state index >= 15 is 0 Å². The predicted molar refractivity (Wildman–Crippen MR) is 492 cm³/mol. The minimum absolute atomic E-state index is 0. The molecule has 15 aromatic heterocycles. The van der Waals surface area contributed by atoms with Crippen LogP contribution in [-0.4, -0.2) is 39.3 Å². The topological polar surface area (TPSA) is 143 Å². The average molecular weight is 4730 g/mol. The summed E-state index contributed by atoms with van der Waals surface area (Å²) in [6.45, 7) is 0. The number of thiophene rings is 4. The number of pyridine rings is 4. The zero-order valence-electron chi connectivity index (χ0n) is 82.2. The van der Waals surface area contributed by atoms with E-state index in [4.69, 9.17) is 31.1 Å². The van der Waals surface area contributed by atoms with Gasteiger partial charge in [-0.3, -0.25) is 4.98 Å². The van der Waals surface area contributed by atoms with Gasteiger partial charge < -0.3 is 47.6 Å². The molecular formula is C104H69N8O3S4U13-13. The summed E-state index contributed by atoms with van der Waals surface area (Å²) in [6.07, 6.45) is 22.6. The second-order valence-electron chi connectivity index (χ2n) is 24.1. The molecule has 0 saturated carbocycles. The molecule has 26 rings (SSSR count). The SMILES string of the molecule is [3H]c1cc2[c-]cccc2[nH]1.[3H]c1cc2[c-]cccc2s1.[3H]c1cc2[c-]csc2cn1.[3H]c1cc2ccc[c-]c2s1.[3H]c1ccc2[nH]c[c-]c2c1.[3H]c1ccc2[nH]c[c-]c2c1.[3H]c1ccc2ccn[c-]c2c1.[3H]c1ccc2nc[c-]n2c1.[3H]c1ccc2ncc[c-]c2c1.[3H]c1ccc2oc[c-]c2c1.[3H]c1ccc2sc[c-]c2c1.[3H]c1coc2[c-]cccc12.[3H]c1coc2cc[c-]cc12.[U].[U].[U].[U].[U].[U].[U].[U].[U].[U].[U].[U].[U]. The normalized spacial score (nSPS) is 10.6. The standard InChI is InChI=1S/2C9H6N.3C8H6N.3C8H5O.3C8H5S.C7H5N2.C7H4NS.13U/c1-2-6-9-8(4-1)5-3-7-10-9;1-2-4-9-7-10-6-5-8(9)3-1;9*1-2-4-8-7(3-1)5-6-9-8;1-2-5-9-6-4-8-7(9)3-1;1-3-8-5-7-6(1)2-4-9-7;;;;;;;;;;;;;/h1-4,6-7H;1-6H;1-2,4-6,9H;2*1-4,6,9H;2-6H;1-3,5-6H;1-4,6H;1-2,4-6H;1-3,5-6H;1-4,6H;1-5H;1,3-5H;;;;;;;;;;;;;/q13*-1;;;;;;;;;;;;;/i1T;2T;6T;2*1T;2*5T;1T;2*6T;1T;2T;3T;;;;;;;;;;;;;. The molecule has 0 spiro atoms. The third-order valence-electron chi connectivity index (χ3n) is 16.4. The van der Waals surface area contributed by atoms with E-state index in [1.807, 2.05) is 132 Å². The first-order valence-electron chi connectivity index (χ1n) is 42.7. The fourth-order valence-corrected chi connectivity index (χ4v) is 13.3. The Bertz CT molecular complexity index is 7220. The van der Waals surface area contributed by atoms with E-state index in [2.05, 4.69) is 114 Å². The average Bonchev–Trinajstić information content (AvgIpc) is 1.81. The van der Waals surface area contributed by atoms with Gasteiger partial charge in [-0.2, -0.15) is 142 Å². The molecule has 0 aliphatic rings. The van der Waals surface area contributed by atoms with Gasteiger partial charge in [-0.25, -0.2) is 34.0 Å². The summed E-state index contributed by atoms with van der Waals surface area (Å²) in [5.74, 6) is 0. The van der Waals surface area contributed by atoms with Gasteiger partial charge in [-0.1, -0.05) is 191 Å². The molecule has 0 aliphatic carbocycles. The Morgan fingerprint density at radius 3 is 1.66 bits per heavy atom. The Kier molecular flexibility index (Phi) is 60.3. The number of H-pyrrole nitrogens is 3. The number of fused-ring (bicyclic) bond motifs is 13. The molecule has 11 nitrogen and oxygen atoms in total. The molecule has 0 amide bonds. The number of benzene rings is 11. The van der Waals surface area contributed by atoms with Crippen LogP contribution in [0.1, 0.15) is 17.8 Å². The largest absolute Gasteiger partial charge is 0.536 e. The van der Waals surface area contributed by atoms with Gasteiger partial charge in [0.2, 0.25) is 0 Å². The van der Waals surface area contributed by atoms with Crippen LogP contribution < -0.4 is 0 Å². The summed E-state index contributed by atoms with van der Waals surface area (Å²) in [5, 5.41) is 17.6. The van der Waals surface area contributed by atoms with Crippen molar-refractivity contribution in [1.82, 2.24) is 39.3 Å². The molecule has 11 aromatic carbocycles. The Balaban J connectivity index is 0.000000780. The van der Waals surface area contributed by atoms with E-state index in [9.17, 15) is 0 Å². The Morgan fingerprint density at radius 2 is 0.924 bits per heavy atom. The van der Waals surface area contributed by atoms with Gasteiger partial charge in [-0.05, 0) is 47.3 Å². The Hall–Kier alpha value is -1.16. The molecule has 632 valence electrons. The van der Waals surface area contributed by atoms with Gasteiger partial charge >= 0.3 is 0 Å². The first kappa shape index (κ1) is 107. The van der Waals surface area contributed by atoms with Crippen molar-refractivity contribution in [3.8, 4) is 0 Å². The maximum atomic E-state index is 7.33. The van der Waals surface area contributed by atoms with Crippen molar-refractivity contribution in [2.24, 2.45) is 0 Å². The van der Waals surface area contributed by atoms with Crippen molar-refractivity contribution >= 4 is 179 Å². The van der Waals surface area contributed by atoms with Crippen LogP contribution in [0.3, 0.4) is 0 Å². The number of nitrogens with one attached hydrogen (secondary N) is 3. The second-order valence-corrected chi connectivity index (χ2v) is 27.6. The molecule has 28 heteroatoms. The van der Waals surface area contributed by atoms with E-state index in [0.717, 1.165) is 123 Å². The molecule has 0 unspecified atom stereocenters. The summed E-state index contributed by atoms with van der Waals surface area (Å²) in [6, 6.07) is 112. The number of hydrogen-bond donors (Lipinski definition) is 3. The van der Waals surface area contributed by atoms with Gasteiger partial charge in [0.15, 0.2) is 0 Å². The molecule has 26 aromatic rings. The summed E-state index contributed by atoms with van der Waals surface area (Å²) in [4.78, 5) is 24.7. The molecule has 0 radical (unpaired) electrons. The summed E-state index contributed by atoms with van der Waals surface area (Å²) >= 11 is 6.20. The van der Waals surface area contributed by atoms with Crippen LogP contribution in [0, 0.1) is 484 Å². The third kappa shape index (κ3) is 42.8. The number of aromatic nitrogens is 8. The number of imidazole rings is 1. The number of furan rings is 3. The molecule has 0 atom stereocenters. The second kappa shape index (κ2) is 74.7. The molecule has 15 heterocycles. The van der Waals surface area contributed by atoms with Gasteiger partial charge in [0.05, 0.1) is 23.5 Å². The van der Waals surface area contributed by atoms with E-state index in [0.29, 0.717) is 83.0 Å². The van der Waals surface area contributed by atoms with E-state index in [-0.39, 0.29) is 404 Å². The van der Waals surface area contributed by atoms with Crippen molar-refractivity contribution in [2.45, 2.75) is 0 Å². The molecule has 132 heavy (non-hydrogen) atoms. The van der Waals surface area contributed by atoms with Crippen LogP contribution in [0.5, 0.6) is 0 Å². The van der Waals surface area contributed by atoms with Crippen LogP contribution in [0.25, 0.3) is 133 Å². The minimum atomic E-state index is 0. The van der Waals surface area contributed by atoms with Crippen molar-refractivity contribution in [1.29, 1.82) is 0 Å². The van der Waals surface area contributed by atoms with Crippen molar-refractivity contribution in [2.75, 3.05) is 0 Å². The molecule has 0 fully saturated rings. The van der Waals surface area contributed by atoms with Gasteiger partial charge in [0.1, 0.15) is 0 Å². The predicted octanol–water partition coefficient (Wildman–Crippen LogP) is 28.0. The Morgan fingerprint density at radius 1 is 0.364 bits per heavy atom. The van der Waals surface area contributed by atoms with Gasteiger partial charge in [0.25, 0.3) is 0 Å².